The Hall–Kier alpha value is -2.22. The number of aliphatic hydroxyl groups excluding tert-OH is 1. The first-order valence-corrected chi connectivity index (χ1v) is 8.33. The summed E-state index contributed by atoms with van der Waals surface area (Å²) in [5.74, 6) is -0.473. The molecule has 1 heterocycles. The van der Waals surface area contributed by atoms with Crippen LogP contribution in [0.2, 0.25) is 0 Å². The summed E-state index contributed by atoms with van der Waals surface area (Å²) in [5.41, 5.74) is 1.97. The zero-order valence-electron chi connectivity index (χ0n) is 13.5. The van der Waals surface area contributed by atoms with Crippen molar-refractivity contribution in [3.63, 3.8) is 0 Å². The smallest absolute Gasteiger partial charge is 0.140 e. The first-order chi connectivity index (χ1) is 11.7. The van der Waals surface area contributed by atoms with Gasteiger partial charge in [0.2, 0.25) is 0 Å². The Balaban J connectivity index is 1.66. The molecule has 4 heteroatoms. The maximum atomic E-state index is 13.5. The van der Waals surface area contributed by atoms with Gasteiger partial charge in [0, 0.05) is 12.6 Å². The molecule has 2 aromatic rings. The molecule has 1 aliphatic heterocycles. The van der Waals surface area contributed by atoms with E-state index >= 15 is 0 Å². The van der Waals surface area contributed by atoms with Crippen molar-refractivity contribution in [1.29, 1.82) is 5.26 Å². The van der Waals surface area contributed by atoms with E-state index in [1.54, 1.807) is 12.1 Å². The number of nitrogens with zero attached hydrogens (tertiary/aromatic N) is 2. The minimum atomic E-state index is -0.473. The van der Waals surface area contributed by atoms with Crippen LogP contribution in [0.1, 0.15) is 42.1 Å². The van der Waals surface area contributed by atoms with Crippen molar-refractivity contribution in [3.05, 3.63) is 71.0 Å². The molecular formula is C20H21FN2O. The lowest BCUT2D eigenvalue weighted by molar-refractivity contribution is 0.118. The van der Waals surface area contributed by atoms with Crippen LogP contribution in [-0.4, -0.2) is 22.6 Å². The Kier molecular flexibility index (Phi) is 5.24. The summed E-state index contributed by atoms with van der Waals surface area (Å²) in [7, 11) is 0. The number of hydrogen-bond donors (Lipinski definition) is 1. The van der Waals surface area contributed by atoms with E-state index in [4.69, 9.17) is 5.26 Å². The number of nitriles is 1. The lowest BCUT2D eigenvalue weighted by Crippen LogP contribution is -2.30. The molecule has 1 fully saturated rings. The van der Waals surface area contributed by atoms with Crippen LogP contribution < -0.4 is 0 Å². The van der Waals surface area contributed by atoms with Gasteiger partial charge in [-0.1, -0.05) is 36.4 Å². The first kappa shape index (κ1) is 16.6. The van der Waals surface area contributed by atoms with Crippen molar-refractivity contribution in [2.75, 3.05) is 6.54 Å². The molecule has 0 aliphatic carbocycles. The SMILES string of the molecule is N#Cc1cc(CN2CCCC2CC(O)c2ccccc2)ccc1F. The number of likely N-dealkylation sites (tertiary alicyclic amines) is 1. The van der Waals surface area contributed by atoms with Gasteiger partial charge in [0.05, 0.1) is 11.7 Å². The average Bonchev–Trinajstić information content (AvgIpc) is 3.04. The minimum Gasteiger partial charge on any atom is -0.388 e. The predicted molar refractivity (Wildman–Crippen MR) is 90.6 cm³/mol. The van der Waals surface area contributed by atoms with Crippen LogP contribution in [0, 0.1) is 17.1 Å². The summed E-state index contributed by atoms with van der Waals surface area (Å²) < 4.78 is 13.5. The number of halogens is 1. The zero-order chi connectivity index (χ0) is 16.9. The molecular weight excluding hydrogens is 303 g/mol. The van der Waals surface area contributed by atoms with Crippen LogP contribution in [-0.2, 0) is 6.54 Å². The van der Waals surface area contributed by atoms with Crippen molar-refractivity contribution in [2.45, 2.75) is 38.0 Å². The van der Waals surface area contributed by atoms with Crippen molar-refractivity contribution in [1.82, 2.24) is 4.90 Å². The van der Waals surface area contributed by atoms with Crippen LogP contribution in [0.25, 0.3) is 0 Å². The van der Waals surface area contributed by atoms with E-state index in [9.17, 15) is 9.50 Å². The Labute approximate surface area is 142 Å². The van der Waals surface area contributed by atoms with Crippen LogP contribution in [0.5, 0.6) is 0 Å². The standard InChI is InChI=1S/C20H21FN2O/c21-19-9-8-15(11-17(19)13-22)14-23-10-4-7-18(23)12-20(24)16-5-2-1-3-6-16/h1-3,5-6,8-9,11,18,20,24H,4,7,10,12,14H2. The second-order valence-corrected chi connectivity index (χ2v) is 6.35. The maximum absolute atomic E-state index is 13.5. The third-order valence-electron chi connectivity index (χ3n) is 4.72. The number of rotatable bonds is 5. The molecule has 0 bridgehead atoms. The van der Waals surface area contributed by atoms with Crippen molar-refractivity contribution in [2.24, 2.45) is 0 Å². The summed E-state index contributed by atoms with van der Waals surface area (Å²) in [6.45, 7) is 1.65. The van der Waals surface area contributed by atoms with Crippen LogP contribution in [0.4, 0.5) is 4.39 Å². The van der Waals surface area contributed by atoms with Gasteiger partial charge in [-0.25, -0.2) is 4.39 Å². The van der Waals surface area contributed by atoms with E-state index in [-0.39, 0.29) is 5.56 Å². The van der Waals surface area contributed by atoms with Crippen molar-refractivity contribution < 1.29 is 9.50 Å². The third kappa shape index (κ3) is 3.81. The minimum absolute atomic E-state index is 0.0903. The van der Waals surface area contributed by atoms with Gasteiger partial charge in [-0.15, -0.1) is 0 Å². The van der Waals surface area contributed by atoms with Gasteiger partial charge in [-0.3, -0.25) is 4.90 Å². The molecule has 2 atom stereocenters. The van der Waals surface area contributed by atoms with Gasteiger partial charge >= 0.3 is 0 Å². The molecule has 2 aromatic carbocycles. The molecule has 0 saturated carbocycles. The molecule has 24 heavy (non-hydrogen) atoms. The fourth-order valence-corrected chi connectivity index (χ4v) is 3.43. The number of aliphatic hydroxyl groups is 1. The van der Waals surface area contributed by atoms with E-state index in [1.807, 2.05) is 36.4 Å². The predicted octanol–water partition coefficient (Wildman–Crippen LogP) is 3.79. The van der Waals surface area contributed by atoms with Gasteiger partial charge in [0.15, 0.2) is 0 Å². The average molecular weight is 324 g/mol. The van der Waals surface area contributed by atoms with Crippen LogP contribution >= 0.6 is 0 Å². The topological polar surface area (TPSA) is 47.3 Å². The molecule has 1 aliphatic rings. The molecule has 0 amide bonds. The second kappa shape index (κ2) is 7.57. The highest BCUT2D eigenvalue weighted by Crippen LogP contribution is 2.28. The van der Waals surface area contributed by atoms with E-state index in [2.05, 4.69) is 4.90 Å². The summed E-state index contributed by atoms with van der Waals surface area (Å²) in [5, 5.41) is 19.4. The molecule has 1 N–H and O–H groups in total. The van der Waals surface area contributed by atoms with E-state index < -0.39 is 11.9 Å². The third-order valence-corrected chi connectivity index (χ3v) is 4.72. The quantitative estimate of drug-likeness (QED) is 0.910. The van der Waals surface area contributed by atoms with Gasteiger partial charge in [-0.05, 0) is 49.1 Å². The molecule has 3 nitrogen and oxygen atoms in total. The molecule has 2 unspecified atom stereocenters. The lowest BCUT2D eigenvalue weighted by atomic mass is 10.00. The van der Waals surface area contributed by atoms with Crippen LogP contribution in [0.3, 0.4) is 0 Å². The maximum Gasteiger partial charge on any atom is 0.140 e. The van der Waals surface area contributed by atoms with Crippen LogP contribution in [0.15, 0.2) is 48.5 Å². The molecule has 3 rings (SSSR count). The fourth-order valence-electron chi connectivity index (χ4n) is 3.43. The molecule has 124 valence electrons. The van der Waals surface area contributed by atoms with Gasteiger partial charge in [-0.2, -0.15) is 5.26 Å². The summed E-state index contributed by atoms with van der Waals surface area (Å²) >= 11 is 0. The van der Waals surface area contributed by atoms with Gasteiger partial charge in [0.1, 0.15) is 11.9 Å². The summed E-state index contributed by atoms with van der Waals surface area (Å²) in [4.78, 5) is 2.32. The van der Waals surface area contributed by atoms with E-state index in [1.165, 1.54) is 6.07 Å². The Bertz CT molecular complexity index is 726. The fraction of sp³-hybridized carbons (Fsp3) is 0.350. The lowest BCUT2D eigenvalue weighted by Gasteiger charge is -2.26. The second-order valence-electron chi connectivity index (χ2n) is 6.35. The highest BCUT2D eigenvalue weighted by atomic mass is 19.1. The number of hydrogen-bond acceptors (Lipinski definition) is 3. The van der Waals surface area contributed by atoms with Gasteiger partial charge < -0.3 is 5.11 Å². The van der Waals surface area contributed by atoms with E-state index in [0.717, 1.165) is 30.5 Å². The van der Waals surface area contributed by atoms with E-state index in [0.29, 0.717) is 19.0 Å². The normalized spacial score (nSPS) is 19.1. The number of benzene rings is 2. The Morgan fingerprint density at radius 2 is 2.04 bits per heavy atom. The largest absolute Gasteiger partial charge is 0.388 e. The summed E-state index contributed by atoms with van der Waals surface area (Å²) in [6.07, 6.45) is 2.37. The molecule has 0 radical (unpaired) electrons. The van der Waals surface area contributed by atoms with Gasteiger partial charge in [0.25, 0.3) is 0 Å². The Morgan fingerprint density at radius 3 is 2.79 bits per heavy atom. The monoisotopic (exact) mass is 324 g/mol. The first-order valence-electron chi connectivity index (χ1n) is 8.33. The molecule has 0 aromatic heterocycles. The Morgan fingerprint density at radius 1 is 1.25 bits per heavy atom. The van der Waals surface area contributed by atoms with Crippen molar-refractivity contribution >= 4 is 0 Å². The summed E-state index contributed by atoms with van der Waals surface area (Å²) in [6, 6.07) is 16.6. The highest BCUT2D eigenvalue weighted by molar-refractivity contribution is 5.34. The molecule has 1 saturated heterocycles. The van der Waals surface area contributed by atoms with Crippen molar-refractivity contribution in [3.8, 4) is 6.07 Å². The molecule has 0 spiro atoms. The zero-order valence-corrected chi connectivity index (χ0v) is 13.5. The highest BCUT2D eigenvalue weighted by Gasteiger charge is 2.27.